The van der Waals surface area contributed by atoms with E-state index in [0.717, 1.165) is 37.8 Å². The number of aryl methyl sites for hydroxylation is 1. The van der Waals surface area contributed by atoms with Crippen LogP contribution in [0.3, 0.4) is 0 Å². The SMILES string of the molecule is CCCCc1c(CC)c(O)nn1CCCC. The minimum atomic E-state index is 0.240. The Morgan fingerprint density at radius 3 is 2.38 bits per heavy atom. The Morgan fingerprint density at radius 2 is 1.81 bits per heavy atom. The van der Waals surface area contributed by atoms with Gasteiger partial charge in [0, 0.05) is 17.8 Å². The molecule has 0 saturated carbocycles. The Balaban J connectivity index is 2.87. The van der Waals surface area contributed by atoms with Crippen molar-refractivity contribution in [1.29, 1.82) is 0 Å². The van der Waals surface area contributed by atoms with Crippen LogP contribution in [0.25, 0.3) is 0 Å². The molecule has 0 amide bonds. The molecule has 0 radical (unpaired) electrons. The van der Waals surface area contributed by atoms with Gasteiger partial charge in [-0.15, -0.1) is 5.10 Å². The van der Waals surface area contributed by atoms with Gasteiger partial charge in [-0.1, -0.05) is 33.6 Å². The Bertz CT molecular complexity index is 318. The van der Waals surface area contributed by atoms with Crippen LogP contribution in [0.4, 0.5) is 0 Å². The van der Waals surface area contributed by atoms with Gasteiger partial charge in [-0.3, -0.25) is 4.68 Å². The van der Waals surface area contributed by atoms with Crippen LogP contribution in [0.1, 0.15) is 57.7 Å². The van der Waals surface area contributed by atoms with Gasteiger partial charge in [0.25, 0.3) is 0 Å². The van der Waals surface area contributed by atoms with Crippen molar-refractivity contribution >= 4 is 0 Å². The summed E-state index contributed by atoms with van der Waals surface area (Å²) in [5.41, 5.74) is 2.29. The van der Waals surface area contributed by atoms with Crippen molar-refractivity contribution in [2.75, 3.05) is 0 Å². The third kappa shape index (κ3) is 3.00. The maximum Gasteiger partial charge on any atom is 0.233 e. The van der Waals surface area contributed by atoms with E-state index >= 15 is 0 Å². The van der Waals surface area contributed by atoms with Crippen LogP contribution in [0.2, 0.25) is 0 Å². The second kappa shape index (κ2) is 6.56. The lowest BCUT2D eigenvalue weighted by atomic mass is 10.1. The van der Waals surface area contributed by atoms with Crippen LogP contribution < -0.4 is 0 Å². The van der Waals surface area contributed by atoms with Crippen molar-refractivity contribution in [3.8, 4) is 5.88 Å². The van der Waals surface area contributed by atoms with Gasteiger partial charge in [-0.2, -0.15) is 0 Å². The van der Waals surface area contributed by atoms with Gasteiger partial charge in [0.2, 0.25) is 5.88 Å². The van der Waals surface area contributed by atoms with E-state index < -0.39 is 0 Å². The maximum absolute atomic E-state index is 9.78. The van der Waals surface area contributed by atoms with Crippen molar-refractivity contribution in [3.63, 3.8) is 0 Å². The van der Waals surface area contributed by atoms with Gasteiger partial charge >= 0.3 is 0 Å². The zero-order valence-corrected chi connectivity index (χ0v) is 10.8. The zero-order chi connectivity index (χ0) is 12.0. The summed E-state index contributed by atoms with van der Waals surface area (Å²) in [6.07, 6.45) is 6.56. The number of hydrogen-bond donors (Lipinski definition) is 1. The number of rotatable bonds is 7. The standard InChI is InChI=1S/C13H24N2O/c1-4-7-9-12-11(6-3)13(16)14-15(12)10-8-5-2/h4-10H2,1-3H3,(H,14,16). The normalized spacial score (nSPS) is 10.9. The number of aromatic nitrogens is 2. The topological polar surface area (TPSA) is 38.1 Å². The molecule has 3 heteroatoms. The second-order valence-electron chi connectivity index (χ2n) is 4.28. The lowest BCUT2D eigenvalue weighted by Crippen LogP contribution is -2.06. The van der Waals surface area contributed by atoms with Crippen LogP contribution in [-0.2, 0) is 19.4 Å². The van der Waals surface area contributed by atoms with Gasteiger partial charge in [0.15, 0.2) is 0 Å². The minimum Gasteiger partial charge on any atom is -0.492 e. The molecule has 1 N–H and O–H groups in total. The Labute approximate surface area is 98.5 Å². The predicted molar refractivity (Wildman–Crippen MR) is 66.8 cm³/mol. The van der Waals surface area contributed by atoms with Gasteiger partial charge in [0.05, 0.1) is 0 Å². The van der Waals surface area contributed by atoms with E-state index in [1.54, 1.807) is 0 Å². The Hall–Kier alpha value is -0.990. The molecule has 0 aliphatic carbocycles. The van der Waals surface area contributed by atoms with E-state index in [0.29, 0.717) is 0 Å². The van der Waals surface area contributed by atoms with Crippen molar-refractivity contribution in [2.45, 2.75) is 65.8 Å². The van der Waals surface area contributed by atoms with E-state index in [9.17, 15) is 5.11 Å². The molecule has 0 aliphatic heterocycles. The van der Waals surface area contributed by atoms with E-state index in [1.165, 1.54) is 18.5 Å². The summed E-state index contributed by atoms with van der Waals surface area (Å²) in [4.78, 5) is 0. The van der Waals surface area contributed by atoms with E-state index in [1.807, 2.05) is 4.68 Å². The van der Waals surface area contributed by atoms with Crippen molar-refractivity contribution in [2.24, 2.45) is 0 Å². The molecule has 16 heavy (non-hydrogen) atoms. The highest BCUT2D eigenvalue weighted by molar-refractivity contribution is 5.30. The average molecular weight is 224 g/mol. The summed E-state index contributed by atoms with van der Waals surface area (Å²) in [7, 11) is 0. The summed E-state index contributed by atoms with van der Waals surface area (Å²) >= 11 is 0. The monoisotopic (exact) mass is 224 g/mol. The minimum absolute atomic E-state index is 0.240. The molecule has 1 aromatic rings. The van der Waals surface area contributed by atoms with E-state index in [4.69, 9.17) is 0 Å². The summed E-state index contributed by atoms with van der Waals surface area (Å²) in [6.45, 7) is 7.38. The zero-order valence-electron chi connectivity index (χ0n) is 10.8. The number of nitrogens with zero attached hydrogens (tertiary/aromatic N) is 2. The second-order valence-corrected chi connectivity index (χ2v) is 4.28. The van der Waals surface area contributed by atoms with Crippen LogP contribution in [0, 0.1) is 0 Å². The fraction of sp³-hybridized carbons (Fsp3) is 0.769. The van der Waals surface area contributed by atoms with Crippen LogP contribution in [0.5, 0.6) is 5.88 Å². The highest BCUT2D eigenvalue weighted by Crippen LogP contribution is 2.23. The lowest BCUT2D eigenvalue weighted by molar-refractivity contribution is 0.429. The maximum atomic E-state index is 9.78. The molecule has 0 saturated heterocycles. The first kappa shape index (κ1) is 13.1. The molecule has 0 unspecified atom stereocenters. The first-order valence-electron chi connectivity index (χ1n) is 6.52. The van der Waals surface area contributed by atoms with Crippen LogP contribution in [0.15, 0.2) is 0 Å². The summed E-state index contributed by atoms with van der Waals surface area (Å²) in [5, 5.41) is 14.0. The van der Waals surface area contributed by atoms with Gasteiger partial charge in [-0.05, 0) is 25.7 Å². The third-order valence-corrected chi connectivity index (χ3v) is 2.99. The quantitative estimate of drug-likeness (QED) is 0.771. The van der Waals surface area contributed by atoms with Gasteiger partial charge in [0.1, 0.15) is 0 Å². The number of aromatic hydroxyl groups is 1. The van der Waals surface area contributed by atoms with Gasteiger partial charge < -0.3 is 5.11 Å². The predicted octanol–water partition coefficient (Wildman–Crippen LogP) is 3.29. The van der Waals surface area contributed by atoms with Crippen molar-refractivity contribution in [1.82, 2.24) is 9.78 Å². The highest BCUT2D eigenvalue weighted by Gasteiger charge is 2.14. The number of unbranched alkanes of at least 4 members (excludes halogenated alkanes) is 2. The van der Waals surface area contributed by atoms with Crippen LogP contribution in [-0.4, -0.2) is 14.9 Å². The Morgan fingerprint density at radius 1 is 1.12 bits per heavy atom. The summed E-state index contributed by atoms with van der Waals surface area (Å²) < 4.78 is 2.01. The molecule has 0 spiro atoms. The van der Waals surface area contributed by atoms with E-state index in [-0.39, 0.29) is 5.88 Å². The average Bonchev–Trinajstić information content (AvgIpc) is 2.59. The molecule has 0 atom stereocenters. The molecular weight excluding hydrogens is 200 g/mol. The molecule has 1 rings (SSSR count). The first-order chi connectivity index (χ1) is 7.74. The smallest absolute Gasteiger partial charge is 0.233 e. The fourth-order valence-corrected chi connectivity index (χ4v) is 2.00. The largest absolute Gasteiger partial charge is 0.492 e. The van der Waals surface area contributed by atoms with Crippen molar-refractivity contribution in [3.05, 3.63) is 11.3 Å². The summed E-state index contributed by atoms with van der Waals surface area (Å²) in [5.74, 6) is 0.240. The van der Waals surface area contributed by atoms with Gasteiger partial charge in [-0.25, -0.2) is 0 Å². The fourth-order valence-electron chi connectivity index (χ4n) is 2.00. The van der Waals surface area contributed by atoms with Crippen molar-refractivity contribution < 1.29 is 5.11 Å². The molecule has 1 heterocycles. The Kier molecular flexibility index (Phi) is 5.36. The molecule has 0 fully saturated rings. The highest BCUT2D eigenvalue weighted by atomic mass is 16.3. The van der Waals surface area contributed by atoms with E-state index in [2.05, 4.69) is 25.9 Å². The first-order valence-corrected chi connectivity index (χ1v) is 6.52. The third-order valence-electron chi connectivity index (χ3n) is 2.99. The molecule has 0 aromatic carbocycles. The molecule has 3 nitrogen and oxygen atoms in total. The molecule has 1 aromatic heterocycles. The number of hydrogen-bond acceptors (Lipinski definition) is 2. The molecular formula is C13H24N2O. The summed E-state index contributed by atoms with van der Waals surface area (Å²) in [6, 6.07) is 0. The molecule has 0 bridgehead atoms. The molecule has 92 valence electrons. The van der Waals surface area contributed by atoms with Crippen LogP contribution >= 0.6 is 0 Å². The molecule has 0 aliphatic rings. The lowest BCUT2D eigenvalue weighted by Gasteiger charge is -2.07.